The van der Waals surface area contributed by atoms with Crippen LogP contribution in [0.5, 0.6) is 0 Å². The number of amides is 1. The lowest BCUT2D eigenvalue weighted by Gasteiger charge is -2.21. The number of hydrogen-bond acceptors (Lipinski definition) is 1. The SMILES string of the molecule is CC(C)NC(=O)[C@H](C)[NH2+]C(c1ccccc1)c1ccccc1. The molecule has 0 unspecified atom stereocenters. The monoisotopic (exact) mass is 297 g/mol. The van der Waals surface area contributed by atoms with Crippen molar-refractivity contribution in [1.29, 1.82) is 0 Å². The molecule has 2 rings (SSSR count). The molecule has 0 aromatic heterocycles. The van der Waals surface area contributed by atoms with Crippen LogP contribution in [0.25, 0.3) is 0 Å². The number of quaternary nitrogens is 1. The predicted molar refractivity (Wildman–Crippen MR) is 89.4 cm³/mol. The van der Waals surface area contributed by atoms with Crippen LogP contribution in [0, 0.1) is 0 Å². The van der Waals surface area contributed by atoms with Crippen LogP contribution >= 0.6 is 0 Å². The molecule has 3 nitrogen and oxygen atoms in total. The quantitative estimate of drug-likeness (QED) is 0.844. The summed E-state index contributed by atoms with van der Waals surface area (Å²) in [6.45, 7) is 5.92. The highest BCUT2D eigenvalue weighted by molar-refractivity contribution is 5.80. The standard InChI is InChI=1S/C19H24N2O/c1-14(2)20-19(22)15(3)21-18(16-10-6-4-7-11-16)17-12-8-5-9-13-17/h4-15,18,21H,1-3H3,(H,20,22)/p+1/t15-/m0/s1. The molecule has 22 heavy (non-hydrogen) atoms. The lowest BCUT2D eigenvalue weighted by atomic mass is 9.98. The Morgan fingerprint density at radius 2 is 1.32 bits per heavy atom. The fourth-order valence-corrected chi connectivity index (χ4v) is 2.53. The lowest BCUT2D eigenvalue weighted by Crippen LogP contribution is -2.92. The fourth-order valence-electron chi connectivity index (χ4n) is 2.53. The van der Waals surface area contributed by atoms with E-state index in [1.54, 1.807) is 0 Å². The van der Waals surface area contributed by atoms with E-state index in [0.717, 1.165) is 0 Å². The molecule has 0 spiro atoms. The van der Waals surface area contributed by atoms with Gasteiger partial charge in [0.2, 0.25) is 0 Å². The average Bonchev–Trinajstić information content (AvgIpc) is 2.53. The van der Waals surface area contributed by atoms with Gasteiger partial charge in [0, 0.05) is 17.2 Å². The molecule has 0 aliphatic carbocycles. The Balaban J connectivity index is 2.21. The molecular formula is C19H25N2O+. The van der Waals surface area contributed by atoms with Crippen molar-refractivity contribution >= 4 is 5.91 Å². The molecule has 1 atom stereocenters. The Bertz CT molecular complexity index is 541. The molecule has 2 aromatic rings. The lowest BCUT2D eigenvalue weighted by molar-refractivity contribution is -0.704. The van der Waals surface area contributed by atoms with Crippen molar-refractivity contribution in [3.8, 4) is 0 Å². The summed E-state index contributed by atoms with van der Waals surface area (Å²) >= 11 is 0. The van der Waals surface area contributed by atoms with Crippen molar-refractivity contribution in [2.24, 2.45) is 0 Å². The summed E-state index contributed by atoms with van der Waals surface area (Å²) in [6.07, 6.45) is 0. The molecule has 0 fully saturated rings. The van der Waals surface area contributed by atoms with Crippen molar-refractivity contribution in [2.75, 3.05) is 0 Å². The average molecular weight is 297 g/mol. The molecule has 0 bridgehead atoms. The number of carbonyl (C=O) groups is 1. The van der Waals surface area contributed by atoms with Crippen LogP contribution in [0.4, 0.5) is 0 Å². The van der Waals surface area contributed by atoms with Crippen molar-refractivity contribution in [1.82, 2.24) is 5.32 Å². The summed E-state index contributed by atoms with van der Waals surface area (Å²) in [5.41, 5.74) is 2.41. The van der Waals surface area contributed by atoms with Gasteiger partial charge in [-0.2, -0.15) is 0 Å². The molecule has 3 N–H and O–H groups in total. The van der Waals surface area contributed by atoms with Gasteiger partial charge in [0.15, 0.2) is 6.04 Å². The topological polar surface area (TPSA) is 45.7 Å². The summed E-state index contributed by atoms with van der Waals surface area (Å²) in [5, 5.41) is 5.11. The number of nitrogens with one attached hydrogen (secondary N) is 1. The van der Waals surface area contributed by atoms with Gasteiger partial charge < -0.3 is 10.6 Å². The van der Waals surface area contributed by atoms with Gasteiger partial charge in [0.1, 0.15) is 6.04 Å². The summed E-state index contributed by atoms with van der Waals surface area (Å²) < 4.78 is 0. The Labute approximate surface area is 132 Å². The first-order valence-electron chi connectivity index (χ1n) is 7.83. The van der Waals surface area contributed by atoms with E-state index in [2.05, 4.69) is 34.9 Å². The van der Waals surface area contributed by atoms with Gasteiger partial charge in [-0.25, -0.2) is 0 Å². The van der Waals surface area contributed by atoms with Crippen molar-refractivity contribution in [2.45, 2.75) is 38.9 Å². The van der Waals surface area contributed by atoms with Crippen LogP contribution in [0.15, 0.2) is 60.7 Å². The van der Waals surface area contributed by atoms with Crippen LogP contribution in [-0.2, 0) is 4.79 Å². The second kappa shape index (κ2) is 7.76. The van der Waals surface area contributed by atoms with E-state index in [9.17, 15) is 4.79 Å². The first kappa shape index (κ1) is 16.2. The smallest absolute Gasteiger partial charge is 0.278 e. The van der Waals surface area contributed by atoms with Gasteiger partial charge in [-0.1, -0.05) is 60.7 Å². The van der Waals surface area contributed by atoms with Gasteiger partial charge in [-0.3, -0.25) is 4.79 Å². The Morgan fingerprint density at radius 1 is 0.864 bits per heavy atom. The number of carbonyl (C=O) groups excluding carboxylic acids is 1. The summed E-state index contributed by atoms with van der Waals surface area (Å²) in [5.74, 6) is 0.0758. The normalized spacial score (nSPS) is 12.4. The number of hydrogen-bond donors (Lipinski definition) is 2. The van der Waals surface area contributed by atoms with Gasteiger partial charge in [-0.15, -0.1) is 0 Å². The molecule has 0 aliphatic heterocycles. The second-order valence-corrected chi connectivity index (χ2v) is 5.94. The van der Waals surface area contributed by atoms with Crippen LogP contribution in [-0.4, -0.2) is 18.0 Å². The van der Waals surface area contributed by atoms with E-state index in [1.807, 2.05) is 57.2 Å². The fraction of sp³-hybridized carbons (Fsp3) is 0.316. The van der Waals surface area contributed by atoms with Crippen molar-refractivity contribution in [3.63, 3.8) is 0 Å². The zero-order valence-corrected chi connectivity index (χ0v) is 13.5. The molecule has 0 saturated carbocycles. The van der Waals surface area contributed by atoms with Gasteiger partial charge in [-0.05, 0) is 20.8 Å². The minimum absolute atomic E-state index is 0.0758. The van der Waals surface area contributed by atoms with Crippen LogP contribution in [0.2, 0.25) is 0 Å². The van der Waals surface area contributed by atoms with Gasteiger partial charge in [0.05, 0.1) is 0 Å². The minimum atomic E-state index is -0.146. The highest BCUT2D eigenvalue weighted by Gasteiger charge is 2.24. The molecule has 0 aliphatic rings. The summed E-state index contributed by atoms with van der Waals surface area (Å²) in [7, 11) is 0. The van der Waals surface area contributed by atoms with E-state index < -0.39 is 0 Å². The Hall–Kier alpha value is -2.13. The van der Waals surface area contributed by atoms with Crippen LogP contribution < -0.4 is 10.6 Å². The zero-order valence-electron chi connectivity index (χ0n) is 13.5. The van der Waals surface area contributed by atoms with E-state index in [-0.39, 0.29) is 24.0 Å². The van der Waals surface area contributed by atoms with Crippen LogP contribution in [0.3, 0.4) is 0 Å². The molecular weight excluding hydrogens is 272 g/mol. The third-order valence-electron chi connectivity index (χ3n) is 3.64. The maximum Gasteiger partial charge on any atom is 0.278 e. The number of nitrogens with two attached hydrogens (primary N) is 1. The molecule has 116 valence electrons. The van der Waals surface area contributed by atoms with E-state index in [4.69, 9.17) is 0 Å². The summed E-state index contributed by atoms with van der Waals surface area (Å²) in [4.78, 5) is 12.2. The highest BCUT2D eigenvalue weighted by atomic mass is 16.2. The molecule has 2 aromatic carbocycles. The highest BCUT2D eigenvalue weighted by Crippen LogP contribution is 2.17. The van der Waals surface area contributed by atoms with Crippen molar-refractivity contribution in [3.05, 3.63) is 71.8 Å². The van der Waals surface area contributed by atoms with Gasteiger partial charge >= 0.3 is 0 Å². The van der Waals surface area contributed by atoms with Crippen LogP contribution in [0.1, 0.15) is 37.9 Å². The maximum atomic E-state index is 12.2. The van der Waals surface area contributed by atoms with E-state index >= 15 is 0 Å². The number of rotatable bonds is 6. The van der Waals surface area contributed by atoms with Gasteiger partial charge in [0.25, 0.3) is 5.91 Å². The number of benzene rings is 2. The largest absolute Gasteiger partial charge is 0.349 e. The Morgan fingerprint density at radius 3 is 1.73 bits per heavy atom. The van der Waals surface area contributed by atoms with E-state index in [0.29, 0.717) is 0 Å². The molecule has 0 radical (unpaired) electrons. The Kier molecular flexibility index (Phi) is 5.73. The second-order valence-electron chi connectivity index (χ2n) is 5.94. The maximum absolute atomic E-state index is 12.2. The first-order chi connectivity index (χ1) is 10.6. The molecule has 0 heterocycles. The molecule has 1 amide bonds. The first-order valence-corrected chi connectivity index (χ1v) is 7.83. The third-order valence-corrected chi connectivity index (χ3v) is 3.64. The third kappa shape index (κ3) is 4.43. The molecule has 3 heteroatoms. The summed E-state index contributed by atoms with van der Waals surface area (Å²) in [6, 6.07) is 20.8. The van der Waals surface area contributed by atoms with E-state index in [1.165, 1.54) is 11.1 Å². The minimum Gasteiger partial charge on any atom is -0.349 e. The zero-order chi connectivity index (χ0) is 15.9. The van der Waals surface area contributed by atoms with Crippen molar-refractivity contribution < 1.29 is 10.1 Å². The molecule has 0 saturated heterocycles. The predicted octanol–water partition coefficient (Wildman–Crippen LogP) is 2.25.